The van der Waals surface area contributed by atoms with Gasteiger partial charge in [0.15, 0.2) is 0 Å². The Morgan fingerprint density at radius 3 is 2.53 bits per heavy atom. The van der Waals surface area contributed by atoms with Crippen LogP contribution in [0.3, 0.4) is 0 Å². The van der Waals surface area contributed by atoms with Crippen LogP contribution in [0.4, 0.5) is 0 Å². The Hall–Kier alpha value is -1.38. The summed E-state index contributed by atoms with van der Waals surface area (Å²) in [5.74, 6) is -1.14. The minimum absolute atomic E-state index is 0.0341. The molecule has 1 N–H and O–H groups in total. The Labute approximate surface area is 89.5 Å². The predicted octanol–water partition coefficient (Wildman–Crippen LogP) is 2.48. The number of aliphatic hydroxyl groups excluding tert-OH is 1. The van der Waals surface area contributed by atoms with Crippen molar-refractivity contribution in [2.45, 2.75) is 39.5 Å². The largest absolute Gasteiger partial charge is 0.508 e. The third-order valence-corrected chi connectivity index (χ3v) is 2.62. The van der Waals surface area contributed by atoms with Crippen LogP contribution in [0.2, 0.25) is 0 Å². The number of unbranched alkanes of at least 4 members (excludes halogenated alkanes) is 2. The molecule has 0 aromatic rings. The van der Waals surface area contributed by atoms with Crippen LogP contribution in [0.15, 0.2) is 23.0 Å². The lowest BCUT2D eigenvalue weighted by molar-refractivity contribution is -0.131. The zero-order valence-corrected chi connectivity index (χ0v) is 9.17. The molecule has 1 aliphatic rings. The first kappa shape index (κ1) is 11.7. The van der Waals surface area contributed by atoms with Crippen LogP contribution in [0, 0.1) is 0 Å². The average Bonchev–Trinajstić information content (AvgIpc) is 2.20. The standard InChI is InChI=1S/C12H16O3/c1-3-4-5-6-9-8(2)12(15)11(14)7-10(9)13/h7,13H,3-6H2,1-2H3. The van der Waals surface area contributed by atoms with Crippen molar-refractivity contribution < 1.29 is 14.7 Å². The topological polar surface area (TPSA) is 54.4 Å². The number of hydrogen-bond donors (Lipinski definition) is 1. The molecule has 0 aliphatic heterocycles. The van der Waals surface area contributed by atoms with E-state index in [1.807, 2.05) is 0 Å². The highest BCUT2D eigenvalue weighted by Crippen LogP contribution is 2.24. The zero-order chi connectivity index (χ0) is 11.4. The molecule has 0 aromatic heterocycles. The van der Waals surface area contributed by atoms with Crippen LogP contribution in [0.1, 0.15) is 39.5 Å². The molecule has 0 heterocycles. The van der Waals surface area contributed by atoms with Gasteiger partial charge in [0, 0.05) is 17.2 Å². The smallest absolute Gasteiger partial charge is 0.229 e. The summed E-state index contributed by atoms with van der Waals surface area (Å²) in [6.07, 6.45) is 4.77. The first-order valence-corrected chi connectivity index (χ1v) is 5.27. The van der Waals surface area contributed by atoms with E-state index >= 15 is 0 Å². The van der Waals surface area contributed by atoms with Gasteiger partial charge in [-0.2, -0.15) is 0 Å². The maximum Gasteiger partial charge on any atom is 0.229 e. The van der Waals surface area contributed by atoms with E-state index in [0.29, 0.717) is 17.6 Å². The lowest BCUT2D eigenvalue weighted by atomic mass is 9.91. The molecule has 15 heavy (non-hydrogen) atoms. The Bertz CT molecular complexity index is 348. The van der Waals surface area contributed by atoms with Crippen LogP contribution in [-0.2, 0) is 9.59 Å². The van der Waals surface area contributed by atoms with E-state index in [1.54, 1.807) is 6.92 Å². The van der Waals surface area contributed by atoms with Gasteiger partial charge in [-0.05, 0) is 19.8 Å². The van der Waals surface area contributed by atoms with Gasteiger partial charge in [-0.1, -0.05) is 19.8 Å². The average molecular weight is 208 g/mol. The van der Waals surface area contributed by atoms with Gasteiger partial charge in [-0.25, -0.2) is 0 Å². The molecular formula is C12H16O3. The van der Waals surface area contributed by atoms with Crippen molar-refractivity contribution >= 4 is 11.6 Å². The van der Waals surface area contributed by atoms with Gasteiger partial charge in [0.1, 0.15) is 5.76 Å². The summed E-state index contributed by atoms with van der Waals surface area (Å²) in [6.45, 7) is 3.69. The first-order chi connectivity index (χ1) is 7.07. The molecule has 0 bridgehead atoms. The molecular weight excluding hydrogens is 192 g/mol. The molecule has 0 saturated carbocycles. The van der Waals surface area contributed by atoms with Crippen LogP contribution in [0.25, 0.3) is 0 Å². The molecule has 82 valence electrons. The Morgan fingerprint density at radius 2 is 1.93 bits per heavy atom. The van der Waals surface area contributed by atoms with Crippen molar-refractivity contribution in [2.75, 3.05) is 0 Å². The van der Waals surface area contributed by atoms with E-state index in [2.05, 4.69) is 6.92 Å². The molecule has 0 saturated heterocycles. The summed E-state index contributed by atoms with van der Waals surface area (Å²) in [6, 6.07) is 0. The number of carbonyl (C=O) groups is 2. The van der Waals surface area contributed by atoms with E-state index in [9.17, 15) is 14.7 Å². The second-order valence-corrected chi connectivity index (χ2v) is 3.78. The van der Waals surface area contributed by atoms with Gasteiger partial charge < -0.3 is 5.11 Å². The predicted molar refractivity (Wildman–Crippen MR) is 57.6 cm³/mol. The molecule has 3 heteroatoms. The van der Waals surface area contributed by atoms with Crippen molar-refractivity contribution in [3.8, 4) is 0 Å². The normalized spacial score (nSPS) is 17.1. The van der Waals surface area contributed by atoms with E-state index in [0.717, 1.165) is 25.3 Å². The molecule has 0 amide bonds. The monoisotopic (exact) mass is 208 g/mol. The summed E-state index contributed by atoms with van der Waals surface area (Å²) in [4.78, 5) is 22.4. The number of rotatable bonds is 4. The van der Waals surface area contributed by atoms with Crippen molar-refractivity contribution in [3.63, 3.8) is 0 Å². The number of carbonyl (C=O) groups excluding carboxylic acids is 2. The maximum atomic E-state index is 11.4. The Kier molecular flexibility index (Phi) is 3.83. The highest BCUT2D eigenvalue weighted by atomic mass is 16.3. The molecule has 1 rings (SSSR count). The zero-order valence-electron chi connectivity index (χ0n) is 9.17. The Balaban J connectivity index is 2.80. The van der Waals surface area contributed by atoms with Crippen LogP contribution >= 0.6 is 0 Å². The van der Waals surface area contributed by atoms with Gasteiger partial charge >= 0.3 is 0 Å². The number of ketones is 2. The van der Waals surface area contributed by atoms with Crippen LogP contribution < -0.4 is 0 Å². The van der Waals surface area contributed by atoms with E-state index in [1.165, 1.54) is 0 Å². The lowest BCUT2D eigenvalue weighted by Crippen LogP contribution is -2.19. The number of allylic oxidation sites excluding steroid dienone is 3. The number of Topliss-reactive ketones (excluding diaryl/α,β-unsaturated/α-hetero) is 1. The second kappa shape index (κ2) is 4.91. The lowest BCUT2D eigenvalue weighted by Gasteiger charge is -2.14. The van der Waals surface area contributed by atoms with Crippen LogP contribution in [0.5, 0.6) is 0 Å². The van der Waals surface area contributed by atoms with E-state index in [-0.39, 0.29) is 5.76 Å². The molecule has 0 radical (unpaired) electrons. The number of hydrogen-bond acceptors (Lipinski definition) is 3. The summed E-state index contributed by atoms with van der Waals surface area (Å²) in [7, 11) is 0. The fourth-order valence-electron chi connectivity index (χ4n) is 1.66. The van der Waals surface area contributed by atoms with Gasteiger partial charge in [0.25, 0.3) is 0 Å². The van der Waals surface area contributed by atoms with Gasteiger partial charge in [0.05, 0.1) is 0 Å². The second-order valence-electron chi connectivity index (χ2n) is 3.78. The summed E-state index contributed by atoms with van der Waals surface area (Å²) in [5.41, 5.74) is 1.03. The van der Waals surface area contributed by atoms with Crippen molar-refractivity contribution in [2.24, 2.45) is 0 Å². The molecule has 0 atom stereocenters. The number of aliphatic hydroxyl groups is 1. The highest BCUT2D eigenvalue weighted by molar-refractivity contribution is 6.48. The summed E-state index contributed by atoms with van der Waals surface area (Å²) >= 11 is 0. The molecule has 0 aromatic carbocycles. The van der Waals surface area contributed by atoms with Crippen molar-refractivity contribution in [1.29, 1.82) is 0 Å². The van der Waals surface area contributed by atoms with Crippen molar-refractivity contribution in [3.05, 3.63) is 23.0 Å². The van der Waals surface area contributed by atoms with Gasteiger partial charge in [0.2, 0.25) is 11.6 Å². The molecule has 0 fully saturated rings. The minimum Gasteiger partial charge on any atom is -0.508 e. The van der Waals surface area contributed by atoms with Crippen molar-refractivity contribution in [1.82, 2.24) is 0 Å². The van der Waals surface area contributed by atoms with Crippen LogP contribution in [-0.4, -0.2) is 16.7 Å². The fraction of sp³-hybridized carbons (Fsp3) is 0.500. The molecule has 3 nitrogen and oxygen atoms in total. The fourth-order valence-corrected chi connectivity index (χ4v) is 1.66. The third-order valence-electron chi connectivity index (χ3n) is 2.62. The van der Waals surface area contributed by atoms with Gasteiger partial charge in [-0.15, -0.1) is 0 Å². The summed E-state index contributed by atoms with van der Waals surface area (Å²) in [5, 5.41) is 9.56. The van der Waals surface area contributed by atoms with Gasteiger partial charge in [-0.3, -0.25) is 9.59 Å². The molecule has 1 aliphatic carbocycles. The SMILES string of the molecule is CCCCCC1=C(C)C(=O)C(=O)C=C1O. The Morgan fingerprint density at radius 1 is 1.27 bits per heavy atom. The molecule has 0 unspecified atom stereocenters. The molecule has 0 spiro atoms. The highest BCUT2D eigenvalue weighted by Gasteiger charge is 2.24. The first-order valence-electron chi connectivity index (χ1n) is 5.27. The summed E-state index contributed by atoms with van der Waals surface area (Å²) < 4.78 is 0. The minimum atomic E-state index is -0.621. The maximum absolute atomic E-state index is 11.4. The van der Waals surface area contributed by atoms with E-state index in [4.69, 9.17) is 0 Å². The van der Waals surface area contributed by atoms with E-state index < -0.39 is 11.6 Å². The quantitative estimate of drug-likeness (QED) is 0.438. The third kappa shape index (κ3) is 2.55.